The van der Waals surface area contributed by atoms with Gasteiger partial charge in [0, 0.05) is 42.0 Å². The molecule has 0 bridgehead atoms. The van der Waals surface area contributed by atoms with Gasteiger partial charge in [0.15, 0.2) is 0 Å². The summed E-state index contributed by atoms with van der Waals surface area (Å²) in [5, 5.41) is 12.2. The number of hydrogen-bond acceptors (Lipinski definition) is 8. The Labute approximate surface area is 194 Å². The summed E-state index contributed by atoms with van der Waals surface area (Å²) in [4.78, 5) is 34.7. The van der Waals surface area contributed by atoms with E-state index in [1.165, 1.54) is 18.3 Å². The Morgan fingerprint density at radius 3 is 2.56 bits per heavy atom. The fraction of sp³-hybridized carbons (Fsp3) is 0.286. The second-order valence-corrected chi connectivity index (χ2v) is 8.31. The highest BCUT2D eigenvalue weighted by Crippen LogP contribution is 2.31. The molecule has 0 unspecified atom stereocenters. The number of nitrogens with one attached hydrogen (secondary N) is 1. The number of hydrogen-bond donors (Lipinski definition) is 2. The van der Waals surface area contributed by atoms with E-state index < -0.39 is 23.9 Å². The van der Waals surface area contributed by atoms with E-state index in [1.54, 1.807) is 6.07 Å². The Balaban J connectivity index is 1.54. The topological polar surface area (TPSA) is 124 Å². The molecule has 0 radical (unpaired) electrons. The number of aromatic carboxylic acids is 1. The molecule has 2 N–H and O–H groups in total. The minimum atomic E-state index is -4.65. The molecule has 1 fully saturated rings. The molecule has 0 aliphatic carbocycles. The summed E-state index contributed by atoms with van der Waals surface area (Å²) in [5.74, 6) is -2.53. The predicted molar refractivity (Wildman–Crippen MR) is 113 cm³/mol. The Bertz CT molecular complexity index is 1190. The van der Waals surface area contributed by atoms with Gasteiger partial charge in [0.25, 0.3) is 5.91 Å². The third-order valence-corrected chi connectivity index (χ3v) is 5.77. The van der Waals surface area contributed by atoms with Gasteiger partial charge in [-0.2, -0.15) is 13.2 Å². The van der Waals surface area contributed by atoms with Crippen molar-refractivity contribution in [1.29, 1.82) is 0 Å². The molecule has 1 aliphatic heterocycles. The van der Waals surface area contributed by atoms with Crippen molar-refractivity contribution in [2.24, 2.45) is 0 Å². The van der Waals surface area contributed by atoms with Crippen molar-refractivity contribution in [2.45, 2.75) is 25.2 Å². The van der Waals surface area contributed by atoms with Crippen molar-refractivity contribution >= 4 is 23.2 Å². The van der Waals surface area contributed by atoms with Crippen LogP contribution in [0.5, 0.6) is 5.75 Å². The molecular formula is C21H17F3N4O5S. The molecule has 34 heavy (non-hydrogen) atoms. The lowest BCUT2D eigenvalue weighted by Crippen LogP contribution is -2.24. The minimum Gasteiger partial charge on any atom is -0.488 e. The van der Waals surface area contributed by atoms with Gasteiger partial charge in [0.05, 0.1) is 19.4 Å². The first-order valence-electron chi connectivity index (χ1n) is 9.94. The molecule has 1 aromatic carbocycles. The lowest BCUT2D eigenvalue weighted by atomic mass is 10.1. The van der Waals surface area contributed by atoms with E-state index in [2.05, 4.69) is 20.3 Å². The molecule has 1 amide bonds. The molecule has 3 aromatic rings. The highest BCUT2D eigenvalue weighted by atomic mass is 32.1. The van der Waals surface area contributed by atoms with Crippen LogP contribution in [0.4, 0.5) is 13.2 Å². The van der Waals surface area contributed by atoms with Crippen LogP contribution in [0.15, 0.2) is 36.8 Å². The highest BCUT2D eigenvalue weighted by Gasteiger charge is 2.34. The predicted octanol–water partition coefficient (Wildman–Crippen LogP) is 3.41. The number of carbonyl (C=O) groups is 2. The number of alkyl halides is 3. The Kier molecular flexibility index (Phi) is 6.75. The number of aromatic nitrogens is 3. The van der Waals surface area contributed by atoms with Crippen LogP contribution in [-0.2, 0) is 17.5 Å². The van der Waals surface area contributed by atoms with Crippen LogP contribution in [0.3, 0.4) is 0 Å². The normalized spacial score (nSPS) is 15.8. The van der Waals surface area contributed by atoms with E-state index >= 15 is 0 Å². The Morgan fingerprint density at radius 1 is 1.18 bits per heavy atom. The third kappa shape index (κ3) is 5.66. The minimum absolute atomic E-state index is 0.0406. The second-order valence-electron chi connectivity index (χ2n) is 7.28. The Morgan fingerprint density at radius 2 is 1.94 bits per heavy atom. The fourth-order valence-electron chi connectivity index (χ4n) is 3.10. The molecule has 0 spiro atoms. The van der Waals surface area contributed by atoms with Gasteiger partial charge in [-0.3, -0.25) is 4.79 Å². The van der Waals surface area contributed by atoms with Crippen LogP contribution in [-0.4, -0.2) is 51.3 Å². The molecule has 0 saturated carbocycles. The summed E-state index contributed by atoms with van der Waals surface area (Å²) in [6, 6.07) is 4.70. The summed E-state index contributed by atoms with van der Waals surface area (Å²) in [7, 11) is 0. The quantitative estimate of drug-likeness (QED) is 0.512. The summed E-state index contributed by atoms with van der Waals surface area (Å²) < 4.78 is 49.1. The second kappa shape index (κ2) is 9.73. The lowest BCUT2D eigenvalue weighted by Gasteiger charge is -2.14. The van der Waals surface area contributed by atoms with E-state index in [-0.39, 0.29) is 28.7 Å². The number of amides is 1. The van der Waals surface area contributed by atoms with Crippen molar-refractivity contribution < 1.29 is 37.3 Å². The van der Waals surface area contributed by atoms with Crippen molar-refractivity contribution in [3.05, 3.63) is 58.6 Å². The molecule has 178 valence electrons. The largest absolute Gasteiger partial charge is 0.488 e. The number of carboxylic acid groups (broad SMARTS) is 1. The van der Waals surface area contributed by atoms with Crippen LogP contribution >= 0.6 is 11.3 Å². The standard InChI is InChI=1S/C21H17F3N4O5S/c22-21(23,24)20-27-7-11(8-28-20)6-25-17(29)12-3-13(18-26-9-16(34-18)19(30)31)5-15(4-12)33-14-1-2-32-10-14/h3-5,7-9,14H,1-2,6,10H2,(H,25,29)(H,30,31)/t14-/m1/s1. The van der Waals surface area contributed by atoms with Crippen LogP contribution in [0.25, 0.3) is 10.6 Å². The third-order valence-electron chi connectivity index (χ3n) is 4.73. The van der Waals surface area contributed by atoms with Crippen LogP contribution in [0.1, 0.15) is 37.8 Å². The summed E-state index contributed by atoms with van der Waals surface area (Å²) in [6.07, 6.45) is -0.958. The molecule has 9 nitrogen and oxygen atoms in total. The monoisotopic (exact) mass is 494 g/mol. The van der Waals surface area contributed by atoms with Gasteiger partial charge in [-0.15, -0.1) is 11.3 Å². The van der Waals surface area contributed by atoms with Crippen molar-refractivity contribution in [1.82, 2.24) is 20.3 Å². The summed E-state index contributed by atoms with van der Waals surface area (Å²) >= 11 is 0.948. The van der Waals surface area contributed by atoms with E-state index in [9.17, 15) is 22.8 Å². The number of thiazole rings is 1. The number of halogens is 3. The van der Waals surface area contributed by atoms with Gasteiger partial charge in [-0.25, -0.2) is 19.7 Å². The molecule has 4 rings (SSSR count). The number of nitrogens with zero attached hydrogens (tertiary/aromatic N) is 3. The SMILES string of the molecule is O=C(NCc1cnc(C(F)(F)F)nc1)c1cc(O[C@@H]2CCOC2)cc(-c2ncc(C(=O)O)s2)c1. The fourth-order valence-corrected chi connectivity index (χ4v) is 3.85. The van der Waals surface area contributed by atoms with Crippen LogP contribution in [0, 0.1) is 0 Å². The summed E-state index contributed by atoms with van der Waals surface area (Å²) in [6.45, 7) is 0.857. The van der Waals surface area contributed by atoms with E-state index in [4.69, 9.17) is 14.6 Å². The maximum atomic E-state index is 12.8. The lowest BCUT2D eigenvalue weighted by molar-refractivity contribution is -0.145. The smallest absolute Gasteiger partial charge is 0.451 e. The molecular weight excluding hydrogens is 477 g/mol. The molecule has 1 saturated heterocycles. The molecule has 2 aromatic heterocycles. The average Bonchev–Trinajstić information content (AvgIpc) is 3.49. The first-order chi connectivity index (χ1) is 16.2. The van der Waals surface area contributed by atoms with E-state index in [0.29, 0.717) is 36.0 Å². The number of ether oxygens (including phenoxy) is 2. The van der Waals surface area contributed by atoms with Crippen LogP contribution < -0.4 is 10.1 Å². The maximum Gasteiger partial charge on any atom is 0.451 e. The van der Waals surface area contributed by atoms with Gasteiger partial charge in [0.2, 0.25) is 5.82 Å². The van der Waals surface area contributed by atoms with Crippen molar-refractivity contribution in [2.75, 3.05) is 13.2 Å². The van der Waals surface area contributed by atoms with Gasteiger partial charge >= 0.3 is 12.1 Å². The van der Waals surface area contributed by atoms with Gasteiger partial charge < -0.3 is 19.9 Å². The number of carboxylic acids is 1. The van der Waals surface area contributed by atoms with E-state index in [0.717, 1.165) is 23.7 Å². The highest BCUT2D eigenvalue weighted by molar-refractivity contribution is 7.16. The molecule has 13 heteroatoms. The Hall–Kier alpha value is -3.58. The summed E-state index contributed by atoms with van der Waals surface area (Å²) in [5.41, 5.74) is 0.964. The van der Waals surface area contributed by atoms with Crippen LogP contribution in [0.2, 0.25) is 0 Å². The first kappa shape index (κ1) is 23.6. The van der Waals surface area contributed by atoms with Gasteiger partial charge in [-0.05, 0) is 18.2 Å². The zero-order chi connectivity index (χ0) is 24.3. The zero-order valence-electron chi connectivity index (χ0n) is 17.3. The number of carbonyl (C=O) groups excluding carboxylic acids is 1. The average molecular weight is 494 g/mol. The molecule has 3 heterocycles. The van der Waals surface area contributed by atoms with E-state index in [1.807, 2.05) is 0 Å². The zero-order valence-corrected chi connectivity index (χ0v) is 18.2. The number of benzene rings is 1. The molecule has 1 aliphatic rings. The van der Waals surface area contributed by atoms with Crippen molar-refractivity contribution in [3.63, 3.8) is 0 Å². The molecule has 1 atom stereocenters. The van der Waals surface area contributed by atoms with Crippen molar-refractivity contribution in [3.8, 4) is 16.3 Å². The van der Waals surface area contributed by atoms with Gasteiger partial charge in [-0.1, -0.05) is 0 Å². The van der Waals surface area contributed by atoms with Gasteiger partial charge in [0.1, 0.15) is 21.7 Å². The first-order valence-corrected chi connectivity index (χ1v) is 10.8. The maximum absolute atomic E-state index is 12.8. The number of rotatable bonds is 7.